The van der Waals surface area contributed by atoms with E-state index in [2.05, 4.69) is 41.7 Å². The summed E-state index contributed by atoms with van der Waals surface area (Å²) in [7, 11) is -3.47. The quantitative estimate of drug-likeness (QED) is 0.768. The second-order valence-electron chi connectivity index (χ2n) is 8.80. The summed E-state index contributed by atoms with van der Waals surface area (Å²) >= 11 is 0. The molecule has 0 aromatic heterocycles. The van der Waals surface area contributed by atoms with Crippen molar-refractivity contribution < 1.29 is 13.3 Å². The van der Waals surface area contributed by atoms with Crippen LogP contribution in [0.15, 0.2) is 53.4 Å². The lowest BCUT2D eigenvalue weighted by Crippen LogP contribution is -3.20. The van der Waals surface area contributed by atoms with E-state index in [-0.39, 0.29) is 6.04 Å². The lowest BCUT2D eigenvalue weighted by molar-refractivity contribution is -0.928. The van der Waals surface area contributed by atoms with Crippen LogP contribution < -0.4 is 14.5 Å². The second-order valence-corrected chi connectivity index (χ2v) is 10.5. The van der Waals surface area contributed by atoms with Gasteiger partial charge in [-0.25, -0.2) is 13.1 Å². The number of quaternary nitrogens is 1. The lowest BCUT2D eigenvalue weighted by atomic mass is 9.89. The van der Waals surface area contributed by atoms with Gasteiger partial charge in [-0.15, -0.1) is 0 Å². The van der Waals surface area contributed by atoms with Crippen molar-refractivity contribution in [2.24, 2.45) is 0 Å². The molecule has 2 aliphatic rings. The summed E-state index contributed by atoms with van der Waals surface area (Å²) in [5, 5.41) is 0. The molecule has 2 aromatic rings. The second kappa shape index (κ2) is 9.08. The van der Waals surface area contributed by atoms with Gasteiger partial charge in [0.2, 0.25) is 10.0 Å². The highest BCUT2D eigenvalue weighted by molar-refractivity contribution is 7.89. The van der Waals surface area contributed by atoms with Crippen molar-refractivity contribution in [1.29, 1.82) is 0 Å². The molecule has 1 saturated heterocycles. The molecule has 0 amide bonds. The monoisotopic (exact) mass is 428 g/mol. The van der Waals surface area contributed by atoms with Crippen LogP contribution in [0.2, 0.25) is 0 Å². The third kappa shape index (κ3) is 4.56. The summed E-state index contributed by atoms with van der Waals surface area (Å²) < 4.78 is 28.9. The Hall–Kier alpha value is -1.89. The van der Waals surface area contributed by atoms with Gasteiger partial charge in [0.15, 0.2) is 0 Å². The average molecular weight is 429 g/mol. The normalized spacial score (nSPS) is 23.5. The maximum absolute atomic E-state index is 12.9. The van der Waals surface area contributed by atoms with Crippen molar-refractivity contribution in [2.75, 3.05) is 31.1 Å². The fourth-order valence-corrected chi connectivity index (χ4v) is 6.44. The molecular formula is C24H34N3O2S+. The largest absolute Gasteiger partial charge is 0.360 e. The third-order valence-electron chi connectivity index (χ3n) is 6.97. The van der Waals surface area contributed by atoms with Crippen molar-refractivity contribution in [2.45, 2.75) is 56.5 Å². The van der Waals surface area contributed by atoms with Gasteiger partial charge < -0.3 is 9.80 Å². The van der Waals surface area contributed by atoms with Crippen molar-refractivity contribution in [1.82, 2.24) is 4.72 Å². The summed E-state index contributed by atoms with van der Waals surface area (Å²) in [4.78, 5) is 4.42. The fraction of sp³-hybridized carbons (Fsp3) is 0.500. The number of anilines is 1. The maximum atomic E-state index is 12.9. The molecule has 2 fully saturated rings. The SMILES string of the molecule is Cc1cccc(N2CC[NH+]([C@@H]3CCCC[C@@H]3NS(=O)(=O)c3ccccc3)CC2)c1C. The molecule has 162 valence electrons. The van der Waals surface area contributed by atoms with Crippen molar-refractivity contribution in [3.05, 3.63) is 59.7 Å². The van der Waals surface area contributed by atoms with Crippen LogP contribution in [0.25, 0.3) is 0 Å². The van der Waals surface area contributed by atoms with E-state index in [0.29, 0.717) is 10.9 Å². The number of hydrogen-bond acceptors (Lipinski definition) is 3. The van der Waals surface area contributed by atoms with Gasteiger partial charge >= 0.3 is 0 Å². The van der Waals surface area contributed by atoms with Crippen LogP contribution in [0.1, 0.15) is 36.8 Å². The molecule has 4 rings (SSSR count). The predicted octanol–water partition coefficient (Wildman–Crippen LogP) is 2.30. The molecule has 30 heavy (non-hydrogen) atoms. The molecule has 0 radical (unpaired) electrons. The van der Waals surface area contributed by atoms with Crippen LogP contribution in [-0.2, 0) is 10.0 Å². The fourth-order valence-electron chi connectivity index (χ4n) is 5.11. The lowest BCUT2D eigenvalue weighted by Gasteiger charge is -2.42. The van der Waals surface area contributed by atoms with Gasteiger partial charge in [0.1, 0.15) is 6.04 Å². The van der Waals surface area contributed by atoms with Crippen molar-refractivity contribution in [3.63, 3.8) is 0 Å². The topological polar surface area (TPSA) is 53.9 Å². The molecule has 1 aliphatic carbocycles. The van der Waals surface area contributed by atoms with E-state index in [4.69, 9.17) is 0 Å². The van der Waals surface area contributed by atoms with Crippen molar-refractivity contribution >= 4 is 15.7 Å². The van der Waals surface area contributed by atoms with E-state index in [1.54, 1.807) is 29.2 Å². The summed E-state index contributed by atoms with van der Waals surface area (Å²) in [6.45, 7) is 8.54. The molecule has 5 nitrogen and oxygen atoms in total. The standard InChI is InChI=1S/C24H33N3O2S/c1-19-9-8-14-23(20(19)2)26-15-17-27(18-16-26)24-13-7-6-12-22(24)25-30(28,29)21-10-4-3-5-11-21/h3-5,8-11,14,22,24-25H,6-7,12-13,15-18H2,1-2H3/p+1/t22-,24+/m0/s1. The molecule has 1 heterocycles. The first-order valence-corrected chi connectivity index (χ1v) is 12.7. The third-order valence-corrected chi connectivity index (χ3v) is 8.48. The molecule has 2 atom stereocenters. The number of rotatable bonds is 5. The average Bonchev–Trinajstić information content (AvgIpc) is 2.77. The Bertz CT molecular complexity index is 954. The van der Waals surface area contributed by atoms with Crippen LogP contribution in [0, 0.1) is 13.8 Å². The number of benzene rings is 2. The molecule has 1 aliphatic heterocycles. The molecule has 0 bridgehead atoms. The molecule has 2 aromatic carbocycles. The Labute approximate surface area is 181 Å². The minimum absolute atomic E-state index is 0.0196. The van der Waals surface area contributed by atoms with Gasteiger partial charge in [0.05, 0.1) is 37.1 Å². The van der Waals surface area contributed by atoms with Crippen molar-refractivity contribution in [3.8, 4) is 0 Å². The molecule has 0 unspecified atom stereocenters. The molecule has 0 spiro atoms. The number of sulfonamides is 1. The van der Waals surface area contributed by atoms with Crippen LogP contribution in [0.4, 0.5) is 5.69 Å². The summed E-state index contributed by atoms with van der Waals surface area (Å²) in [5.41, 5.74) is 4.05. The van der Waals surface area contributed by atoms with Gasteiger partial charge in [0.25, 0.3) is 0 Å². The first-order valence-electron chi connectivity index (χ1n) is 11.2. The van der Waals surface area contributed by atoms with Gasteiger partial charge in [-0.1, -0.05) is 36.8 Å². The molecule has 6 heteroatoms. The minimum atomic E-state index is -3.47. The Balaban J connectivity index is 1.43. The van der Waals surface area contributed by atoms with E-state index in [9.17, 15) is 8.42 Å². The number of aryl methyl sites for hydroxylation is 1. The zero-order valence-corrected chi connectivity index (χ0v) is 18.9. The Morgan fingerprint density at radius 2 is 1.63 bits per heavy atom. The van der Waals surface area contributed by atoms with Gasteiger partial charge in [-0.05, 0) is 56.0 Å². The van der Waals surface area contributed by atoms with E-state index in [0.717, 1.165) is 45.4 Å². The first-order chi connectivity index (χ1) is 14.5. The first kappa shape index (κ1) is 21.3. The van der Waals surface area contributed by atoms with E-state index in [1.807, 2.05) is 6.07 Å². The number of hydrogen-bond donors (Lipinski definition) is 2. The van der Waals surface area contributed by atoms with Gasteiger partial charge in [0, 0.05) is 12.1 Å². The zero-order chi connectivity index (χ0) is 21.1. The smallest absolute Gasteiger partial charge is 0.241 e. The van der Waals surface area contributed by atoms with E-state index >= 15 is 0 Å². The maximum Gasteiger partial charge on any atom is 0.241 e. The highest BCUT2D eigenvalue weighted by Crippen LogP contribution is 2.23. The van der Waals surface area contributed by atoms with Crippen LogP contribution in [-0.4, -0.2) is 46.7 Å². The Kier molecular flexibility index (Phi) is 6.46. The predicted molar refractivity (Wildman–Crippen MR) is 122 cm³/mol. The van der Waals surface area contributed by atoms with Crippen LogP contribution >= 0.6 is 0 Å². The minimum Gasteiger partial charge on any atom is -0.360 e. The van der Waals surface area contributed by atoms with Gasteiger partial charge in [-0.2, -0.15) is 0 Å². The summed E-state index contributed by atoms with van der Waals surface area (Å²) in [6, 6.07) is 15.7. The van der Waals surface area contributed by atoms with Crippen LogP contribution in [0.5, 0.6) is 0 Å². The number of nitrogens with one attached hydrogen (secondary N) is 2. The molecule has 1 saturated carbocycles. The van der Waals surface area contributed by atoms with Gasteiger partial charge in [-0.3, -0.25) is 0 Å². The van der Waals surface area contributed by atoms with E-state index in [1.165, 1.54) is 23.2 Å². The zero-order valence-electron chi connectivity index (χ0n) is 18.1. The van der Waals surface area contributed by atoms with E-state index < -0.39 is 10.0 Å². The highest BCUT2D eigenvalue weighted by atomic mass is 32.2. The number of nitrogens with zero attached hydrogens (tertiary/aromatic N) is 1. The Morgan fingerprint density at radius 1 is 0.933 bits per heavy atom. The summed E-state index contributed by atoms with van der Waals surface area (Å²) in [5.74, 6) is 0. The van der Waals surface area contributed by atoms with Crippen LogP contribution in [0.3, 0.4) is 0 Å². The molecular weight excluding hydrogens is 394 g/mol. The summed E-state index contributed by atoms with van der Waals surface area (Å²) in [6.07, 6.45) is 4.32. The number of piperazine rings is 1. The molecule has 2 N–H and O–H groups in total. The Morgan fingerprint density at radius 3 is 2.37 bits per heavy atom. The highest BCUT2D eigenvalue weighted by Gasteiger charge is 2.37.